The fraction of sp³-hybridized carbons (Fsp3) is 1.00. The number of hydrogen-bond acceptors (Lipinski definition) is 14. The molecule has 0 aromatic heterocycles. The third-order valence-corrected chi connectivity index (χ3v) is 6.07. The summed E-state index contributed by atoms with van der Waals surface area (Å²) in [5, 5.41) is 69.3. The van der Waals surface area contributed by atoms with Gasteiger partial charge >= 0.3 is 0 Å². The SMILES string of the molecule is NC1C(O)[C@H](O)C(CO)O[C@@H]1O[C@@H]1C(N)C[C@@H](N)C(O[C@@H]2O[C@H](CO)C(O)[C@@H]2O)C1O. The molecule has 0 amide bonds. The van der Waals surface area contributed by atoms with Crippen LogP contribution in [-0.4, -0.2) is 135 Å². The van der Waals surface area contributed by atoms with Crippen molar-refractivity contribution in [1.82, 2.24) is 0 Å². The standard InChI is InChI=1S/C17H33N3O11/c18-4-1-5(19)15(31-17-12(26)10(24)7(3-22)29-17)13(27)14(4)30-16-8(20)11(25)9(23)6(2-21)28-16/h4-17,21-27H,1-3,18-20H2/t4?,5-,6?,7-,8?,9-,10?,11?,12+,13?,14-,15?,16-,17+/m1/s1. The summed E-state index contributed by atoms with van der Waals surface area (Å²) in [5.74, 6) is 0. The van der Waals surface area contributed by atoms with Crippen LogP contribution in [0, 0.1) is 0 Å². The van der Waals surface area contributed by atoms with E-state index in [1.54, 1.807) is 0 Å². The average Bonchev–Trinajstić information content (AvgIpc) is 3.01. The molecule has 14 heteroatoms. The second-order valence-corrected chi connectivity index (χ2v) is 8.25. The molecule has 2 aliphatic heterocycles. The summed E-state index contributed by atoms with van der Waals surface area (Å²) in [6.07, 6.45) is -14.3. The monoisotopic (exact) mass is 455 g/mol. The van der Waals surface area contributed by atoms with Crippen LogP contribution in [0.25, 0.3) is 0 Å². The van der Waals surface area contributed by atoms with Gasteiger partial charge in [0, 0.05) is 12.1 Å². The predicted molar refractivity (Wildman–Crippen MR) is 99.8 cm³/mol. The molecule has 13 N–H and O–H groups in total. The van der Waals surface area contributed by atoms with Crippen LogP contribution in [0.15, 0.2) is 0 Å². The average molecular weight is 455 g/mol. The van der Waals surface area contributed by atoms with Crippen LogP contribution in [0.5, 0.6) is 0 Å². The Labute approximate surface area is 178 Å². The van der Waals surface area contributed by atoms with Crippen LogP contribution in [0.2, 0.25) is 0 Å². The van der Waals surface area contributed by atoms with Crippen LogP contribution >= 0.6 is 0 Å². The topological polar surface area (TPSA) is 257 Å². The van der Waals surface area contributed by atoms with E-state index in [4.69, 9.17) is 36.1 Å². The predicted octanol–water partition coefficient (Wildman–Crippen LogP) is -6.62. The van der Waals surface area contributed by atoms with Gasteiger partial charge in [0.25, 0.3) is 0 Å². The summed E-state index contributed by atoms with van der Waals surface area (Å²) in [7, 11) is 0. The van der Waals surface area contributed by atoms with E-state index < -0.39 is 98.9 Å². The van der Waals surface area contributed by atoms with E-state index in [0.717, 1.165) is 0 Å². The second-order valence-electron chi connectivity index (χ2n) is 8.25. The van der Waals surface area contributed by atoms with Gasteiger partial charge in [0.05, 0.1) is 19.3 Å². The fourth-order valence-corrected chi connectivity index (χ4v) is 4.15. The minimum absolute atomic E-state index is 0.123. The van der Waals surface area contributed by atoms with Crippen molar-refractivity contribution in [3.63, 3.8) is 0 Å². The molecule has 3 rings (SSSR count). The highest BCUT2D eigenvalue weighted by Gasteiger charge is 2.51. The van der Waals surface area contributed by atoms with E-state index in [-0.39, 0.29) is 6.42 Å². The van der Waals surface area contributed by atoms with E-state index in [1.165, 1.54) is 0 Å². The first-order valence-corrected chi connectivity index (χ1v) is 10.1. The lowest BCUT2D eigenvalue weighted by Gasteiger charge is -2.46. The minimum atomic E-state index is -1.48. The van der Waals surface area contributed by atoms with Crippen molar-refractivity contribution in [2.45, 2.75) is 92.1 Å². The first kappa shape index (κ1) is 25.1. The third-order valence-electron chi connectivity index (χ3n) is 6.07. The number of nitrogens with two attached hydrogens (primary N) is 3. The molecule has 14 nitrogen and oxygen atoms in total. The van der Waals surface area contributed by atoms with Crippen molar-refractivity contribution in [2.75, 3.05) is 13.2 Å². The quantitative estimate of drug-likeness (QED) is 0.179. The molecule has 0 bridgehead atoms. The van der Waals surface area contributed by atoms with E-state index in [9.17, 15) is 35.7 Å². The Kier molecular flexibility index (Phi) is 8.21. The van der Waals surface area contributed by atoms with Gasteiger partial charge in [-0.25, -0.2) is 0 Å². The first-order chi connectivity index (χ1) is 14.6. The van der Waals surface area contributed by atoms with Crippen LogP contribution in [0.4, 0.5) is 0 Å². The van der Waals surface area contributed by atoms with Gasteiger partial charge in [-0.3, -0.25) is 0 Å². The Hall–Kier alpha value is -0.560. The van der Waals surface area contributed by atoms with Gasteiger partial charge in [0.1, 0.15) is 54.9 Å². The number of aliphatic hydroxyl groups excluding tert-OH is 7. The normalized spacial score (nSPS) is 53.6. The molecule has 7 unspecified atom stereocenters. The summed E-state index contributed by atoms with van der Waals surface area (Å²) in [6, 6.07) is -2.78. The maximum atomic E-state index is 10.8. The molecule has 0 aromatic carbocycles. The zero-order valence-electron chi connectivity index (χ0n) is 16.7. The zero-order chi connectivity index (χ0) is 23.0. The van der Waals surface area contributed by atoms with Gasteiger partial charge in [0.2, 0.25) is 0 Å². The van der Waals surface area contributed by atoms with Crippen molar-refractivity contribution >= 4 is 0 Å². The van der Waals surface area contributed by atoms with Crippen molar-refractivity contribution in [3.05, 3.63) is 0 Å². The molecule has 3 aliphatic rings. The Balaban J connectivity index is 1.70. The molecule has 182 valence electrons. The smallest absolute Gasteiger partial charge is 0.187 e. The highest BCUT2D eigenvalue weighted by Crippen LogP contribution is 2.31. The molecule has 2 heterocycles. The second kappa shape index (κ2) is 10.1. The van der Waals surface area contributed by atoms with Crippen molar-refractivity contribution < 1.29 is 54.7 Å². The van der Waals surface area contributed by atoms with Gasteiger partial charge < -0.3 is 71.9 Å². The molecular formula is C17H33N3O11. The Morgan fingerprint density at radius 1 is 0.645 bits per heavy atom. The largest absolute Gasteiger partial charge is 0.394 e. The molecule has 31 heavy (non-hydrogen) atoms. The lowest BCUT2D eigenvalue weighted by Crippen LogP contribution is -2.67. The summed E-state index contributed by atoms with van der Waals surface area (Å²) < 4.78 is 22.0. The van der Waals surface area contributed by atoms with E-state index in [1.807, 2.05) is 0 Å². The number of aliphatic hydroxyl groups is 7. The van der Waals surface area contributed by atoms with Gasteiger partial charge in [0.15, 0.2) is 12.6 Å². The van der Waals surface area contributed by atoms with Crippen LogP contribution in [0.3, 0.4) is 0 Å². The molecule has 3 fully saturated rings. The van der Waals surface area contributed by atoms with Crippen molar-refractivity contribution in [3.8, 4) is 0 Å². The highest BCUT2D eigenvalue weighted by atomic mass is 16.7. The van der Waals surface area contributed by atoms with Gasteiger partial charge in [-0.2, -0.15) is 0 Å². The summed E-state index contributed by atoms with van der Waals surface area (Å²) >= 11 is 0. The number of hydrogen-bond donors (Lipinski definition) is 10. The molecule has 0 spiro atoms. The summed E-state index contributed by atoms with van der Waals surface area (Å²) in [6.45, 7) is -1.16. The molecule has 0 radical (unpaired) electrons. The maximum absolute atomic E-state index is 10.8. The molecule has 0 aromatic rings. The molecule has 1 aliphatic carbocycles. The van der Waals surface area contributed by atoms with E-state index in [0.29, 0.717) is 0 Å². The first-order valence-electron chi connectivity index (χ1n) is 10.1. The third kappa shape index (κ3) is 4.87. The van der Waals surface area contributed by atoms with Crippen molar-refractivity contribution in [1.29, 1.82) is 0 Å². The molecule has 1 saturated carbocycles. The van der Waals surface area contributed by atoms with E-state index >= 15 is 0 Å². The van der Waals surface area contributed by atoms with Gasteiger partial charge in [-0.1, -0.05) is 0 Å². The fourth-order valence-electron chi connectivity index (χ4n) is 4.15. The van der Waals surface area contributed by atoms with Gasteiger partial charge in [-0.15, -0.1) is 0 Å². The lowest BCUT2D eigenvalue weighted by atomic mass is 9.84. The van der Waals surface area contributed by atoms with Crippen LogP contribution in [0.1, 0.15) is 6.42 Å². The van der Waals surface area contributed by atoms with Crippen LogP contribution < -0.4 is 17.2 Å². The Morgan fingerprint density at radius 2 is 1.10 bits per heavy atom. The Morgan fingerprint density at radius 3 is 1.61 bits per heavy atom. The number of ether oxygens (including phenoxy) is 4. The maximum Gasteiger partial charge on any atom is 0.187 e. The Bertz CT molecular complexity index is 590. The summed E-state index contributed by atoms with van der Waals surface area (Å²) in [5.41, 5.74) is 18.0. The van der Waals surface area contributed by atoms with Crippen molar-refractivity contribution in [2.24, 2.45) is 17.2 Å². The summed E-state index contributed by atoms with van der Waals surface area (Å²) in [4.78, 5) is 0. The number of rotatable bonds is 6. The van der Waals surface area contributed by atoms with Crippen LogP contribution in [-0.2, 0) is 18.9 Å². The van der Waals surface area contributed by atoms with Gasteiger partial charge in [-0.05, 0) is 6.42 Å². The molecular weight excluding hydrogens is 422 g/mol. The minimum Gasteiger partial charge on any atom is -0.394 e. The molecule has 14 atom stereocenters. The zero-order valence-corrected chi connectivity index (χ0v) is 16.7. The molecule has 2 saturated heterocycles. The lowest BCUT2D eigenvalue weighted by molar-refractivity contribution is -0.302. The van der Waals surface area contributed by atoms with E-state index in [2.05, 4.69) is 0 Å². The highest BCUT2D eigenvalue weighted by molar-refractivity contribution is 5.01.